The molecule has 2 aliphatic heterocycles. The molecule has 2 heterocycles. The lowest BCUT2D eigenvalue weighted by atomic mass is 10.00. The number of nitrogens with zero attached hydrogens (tertiary/aromatic N) is 2. The third kappa shape index (κ3) is 11.9. The molecule has 10 heteroatoms. The maximum Gasteiger partial charge on any atom is 0.412 e. The van der Waals surface area contributed by atoms with Gasteiger partial charge in [0.1, 0.15) is 30.1 Å². The summed E-state index contributed by atoms with van der Waals surface area (Å²) in [5.74, 6) is 0. The smallest absolute Gasteiger partial charge is 0.412 e. The maximum atomic E-state index is 14.5. The Morgan fingerprint density at radius 1 is 0.638 bits per heavy atom. The van der Waals surface area contributed by atoms with Crippen LogP contribution in [0.3, 0.4) is 0 Å². The first-order valence-corrected chi connectivity index (χ1v) is 20.6. The number of rotatable bonds is 17. The Labute approximate surface area is 344 Å². The van der Waals surface area contributed by atoms with E-state index in [1.165, 1.54) is 0 Å². The fraction of sp³-hybridized carbons (Fsp3) is 0.458. The second kappa shape index (κ2) is 20.3. The third-order valence-electron chi connectivity index (χ3n) is 10.6. The molecule has 0 bridgehead atoms. The summed E-state index contributed by atoms with van der Waals surface area (Å²) in [7, 11) is 0. The fourth-order valence-corrected chi connectivity index (χ4v) is 7.87. The SMILES string of the molecule is CC(C)(C)OC(=O)N1[C@@H](CCCC[C@@H]2[C@@H](OCc3ccccc3)[C@H](OCc3ccccc3)[C@@H](COCc3ccccc3)N2C(=O)OCc2ccccc2)COC1(C)C. The number of ether oxygens (including phenoxy) is 6. The highest BCUT2D eigenvalue weighted by molar-refractivity contribution is 5.70. The molecule has 0 spiro atoms. The minimum absolute atomic E-state index is 0.129. The second-order valence-corrected chi connectivity index (χ2v) is 16.7. The van der Waals surface area contributed by atoms with Gasteiger partial charge >= 0.3 is 12.2 Å². The van der Waals surface area contributed by atoms with Crippen LogP contribution in [0.4, 0.5) is 9.59 Å². The molecule has 0 unspecified atom stereocenters. The topological polar surface area (TPSA) is 96.0 Å². The summed E-state index contributed by atoms with van der Waals surface area (Å²) in [6.07, 6.45) is 1.01. The first-order valence-electron chi connectivity index (χ1n) is 20.6. The van der Waals surface area contributed by atoms with Crippen molar-refractivity contribution in [2.45, 2.75) is 128 Å². The fourth-order valence-electron chi connectivity index (χ4n) is 7.87. The number of hydrogen-bond acceptors (Lipinski definition) is 8. The first-order chi connectivity index (χ1) is 28.0. The zero-order chi connectivity index (χ0) is 41.0. The molecule has 58 heavy (non-hydrogen) atoms. The zero-order valence-electron chi connectivity index (χ0n) is 34.7. The minimum atomic E-state index is -0.787. The molecule has 10 nitrogen and oxygen atoms in total. The molecule has 5 atom stereocenters. The average Bonchev–Trinajstić information content (AvgIpc) is 3.69. The Kier molecular flexibility index (Phi) is 15.0. The van der Waals surface area contributed by atoms with Gasteiger partial charge in [0.2, 0.25) is 0 Å². The van der Waals surface area contributed by atoms with Gasteiger partial charge in [0.05, 0.1) is 51.2 Å². The molecule has 0 N–H and O–H groups in total. The van der Waals surface area contributed by atoms with Crippen LogP contribution >= 0.6 is 0 Å². The van der Waals surface area contributed by atoms with Gasteiger partial charge in [-0.2, -0.15) is 0 Å². The van der Waals surface area contributed by atoms with Gasteiger partial charge in [0.15, 0.2) is 0 Å². The maximum absolute atomic E-state index is 14.5. The molecule has 6 rings (SSSR count). The number of unbranched alkanes of at least 4 members (excludes halogenated alkanes) is 1. The molecule has 2 fully saturated rings. The van der Waals surface area contributed by atoms with Gasteiger partial charge in [-0.05, 0) is 69.7 Å². The summed E-state index contributed by atoms with van der Waals surface area (Å²) in [4.78, 5) is 31.5. The molecule has 0 radical (unpaired) electrons. The van der Waals surface area contributed by atoms with Crippen molar-refractivity contribution < 1.29 is 38.0 Å². The predicted octanol–water partition coefficient (Wildman–Crippen LogP) is 9.70. The van der Waals surface area contributed by atoms with E-state index in [2.05, 4.69) is 0 Å². The molecule has 0 saturated carbocycles. The monoisotopic (exact) mass is 792 g/mol. The lowest BCUT2D eigenvalue weighted by Gasteiger charge is -2.35. The van der Waals surface area contributed by atoms with Crippen LogP contribution in [-0.2, 0) is 54.8 Å². The number of carbonyl (C=O) groups excluding carboxylic acids is 2. The minimum Gasteiger partial charge on any atom is -0.445 e. The van der Waals surface area contributed by atoms with E-state index in [4.69, 9.17) is 28.4 Å². The van der Waals surface area contributed by atoms with Crippen molar-refractivity contribution in [3.8, 4) is 0 Å². The summed E-state index contributed by atoms with van der Waals surface area (Å²) in [5.41, 5.74) is 2.56. The third-order valence-corrected chi connectivity index (χ3v) is 10.6. The largest absolute Gasteiger partial charge is 0.445 e. The van der Waals surface area contributed by atoms with E-state index < -0.39 is 41.7 Å². The Morgan fingerprint density at radius 2 is 1.10 bits per heavy atom. The van der Waals surface area contributed by atoms with Crippen molar-refractivity contribution in [2.75, 3.05) is 13.2 Å². The van der Waals surface area contributed by atoms with Crippen LogP contribution in [0.5, 0.6) is 0 Å². The van der Waals surface area contributed by atoms with Gasteiger partial charge in [-0.25, -0.2) is 9.59 Å². The Morgan fingerprint density at radius 3 is 1.62 bits per heavy atom. The van der Waals surface area contributed by atoms with Crippen LogP contribution in [0.25, 0.3) is 0 Å². The molecular weight excluding hydrogens is 733 g/mol. The van der Waals surface area contributed by atoms with Gasteiger partial charge in [-0.3, -0.25) is 9.80 Å². The molecule has 0 aliphatic carbocycles. The van der Waals surface area contributed by atoms with E-state index >= 15 is 0 Å². The van der Waals surface area contributed by atoms with Gasteiger partial charge in [-0.15, -0.1) is 0 Å². The quantitative estimate of drug-likeness (QED) is 0.0976. The second-order valence-electron chi connectivity index (χ2n) is 16.7. The van der Waals surface area contributed by atoms with E-state index in [-0.39, 0.29) is 25.3 Å². The molecule has 2 amide bonds. The summed E-state index contributed by atoms with van der Waals surface area (Å²) in [6, 6.07) is 38.8. The van der Waals surface area contributed by atoms with Crippen LogP contribution in [-0.4, -0.2) is 76.9 Å². The number of carbonyl (C=O) groups is 2. The molecule has 4 aromatic carbocycles. The molecule has 2 saturated heterocycles. The molecule has 2 aliphatic rings. The van der Waals surface area contributed by atoms with Crippen LogP contribution < -0.4 is 0 Å². The Balaban J connectivity index is 1.27. The number of likely N-dealkylation sites (tertiary alicyclic amines) is 1. The van der Waals surface area contributed by atoms with E-state index in [1.807, 2.05) is 161 Å². The summed E-state index contributed by atoms with van der Waals surface area (Å²) in [6.45, 7) is 11.2. The van der Waals surface area contributed by atoms with Crippen LogP contribution in [0, 0.1) is 0 Å². The van der Waals surface area contributed by atoms with Crippen molar-refractivity contribution in [3.05, 3.63) is 144 Å². The van der Waals surface area contributed by atoms with Crippen molar-refractivity contribution in [2.24, 2.45) is 0 Å². The average molecular weight is 793 g/mol. The normalized spacial score (nSPS) is 21.6. The van der Waals surface area contributed by atoms with E-state index in [0.717, 1.165) is 35.1 Å². The Bertz CT molecular complexity index is 1840. The highest BCUT2D eigenvalue weighted by atomic mass is 16.6. The van der Waals surface area contributed by atoms with Gasteiger partial charge in [0, 0.05) is 0 Å². The molecule has 4 aromatic rings. The van der Waals surface area contributed by atoms with Crippen LogP contribution in [0.2, 0.25) is 0 Å². The van der Waals surface area contributed by atoms with Crippen LogP contribution in [0.1, 0.15) is 82.6 Å². The van der Waals surface area contributed by atoms with Gasteiger partial charge in [0.25, 0.3) is 0 Å². The first kappa shape index (κ1) is 42.9. The highest BCUT2D eigenvalue weighted by Crippen LogP contribution is 2.37. The highest BCUT2D eigenvalue weighted by Gasteiger charge is 2.53. The standard InChI is InChI=1S/C48H60N2O8/c1-47(2,3)58-46(52)50-40(34-57-48(50,4)5)28-18-19-29-41-43(54-31-37-22-12-7-13-23-37)44(55-32-38-24-14-8-15-25-38)42(35-53-30-36-20-10-6-11-21-36)49(41)45(51)56-33-39-26-16-9-17-27-39/h6-17,20-27,40-44H,18-19,28-35H2,1-5H3/t40-,41+,42+,43+,44+/m0/s1. The van der Waals surface area contributed by atoms with E-state index in [1.54, 1.807) is 4.90 Å². The number of hydrogen-bond donors (Lipinski definition) is 0. The lowest BCUT2D eigenvalue weighted by Crippen LogP contribution is -2.49. The summed E-state index contributed by atoms with van der Waals surface area (Å²) < 4.78 is 38.1. The molecule has 310 valence electrons. The summed E-state index contributed by atoms with van der Waals surface area (Å²) in [5, 5.41) is 0. The van der Waals surface area contributed by atoms with Crippen molar-refractivity contribution in [3.63, 3.8) is 0 Å². The number of benzene rings is 4. The van der Waals surface area contributed by atoms with Crippen molar-refractivity contribution in [1.82, 2.24) is 9.80 Å². The van der Waals surface area contributed by atoms with Crippen molar-refractivity contribution >= 4 is 12.2 Å². The predicted molar refractivity (Wildman–Crippen MR) is 223 cm³/mol. The van der Waals surface area contributed by atoms with E-state index in [9.17, 15) is 9.59 Å². The number of amides is 2. The van der Waals surface area contributed by atoms with Crippen molar-refractivity contribution in [1.29, 1.82) is 0 Å². The lowest BCUT2D eigenvalue weighted by molar-refractivity contribution is -0.0868. The summed E-state index contributed by atoms with van der Waals surface area (Å²) >= 11 is 0. The molecular formula is C48H60N2O8. The van der Waals surface area contributed by atoms with E-state index in [0.29, 0.717) is 39.3 Å². The van der Waals surface area contributed by atoms with Gasteiger partial charge < -0.3 is 28.4 Å². The Hall–Kier alpha value is -4.74. The zero-order valence-corrected chi connectivity index (χ0v) is 34.7. The van der Waals surface area contributed by atoms with Crippen LogP contribution in [0.15, 0.2) is 121 Å². The van der Waals surface area contributed by atoms with Gasteiger partial charge in [-0.1, -0.05) is 134 Å². The molecule has 0 aromatic heterocycles.